The van der Waals surface area contributed by atoms with E-state index in [2.05, 4.69) is 29.9 Å². The number of nitrogens with one attached hydrogen (secondary N) is 1. The van der Waals surface area contributed by atoms with Crippen molar-refractivity contribution in [2.45, 2.75) is 25.3 Å². The summed E-state index contributed by atoms with van der Waals surface area (Å²) in [7, 11) is 0. The molecule has 5 N–H and O–H groups in total. The first-order chi connectivity index (χ1) is 17.4. The van der Waals surface area contributed by atoms with Gasteiger partial charge in [-0.05, 0) is 47.9 Å². The van der Waals surface area contributed by atoms with E-state index in [9.17, 15) is 9.18 Å². The molecular weight excluding hydrogens is 459 g/mol. The van der Waals surface area contributed by atoms with Crippen molar-refractivity contribution in [2.24, 2.45) is 16.9 Å². The predicted molar refractivity (Wildman–Crippen MR) is 133 cm³/mol. The van der Waals surface area contributed by atoms with Crippen molar-refractivity contribution >= 4 is 28.4 Å². The molecule has 2 aromatic carbocycles. The van der Waals surface area contributed by atoms with Gasteiger partial charge in [0.2, 0.25) is 5.82 Å². The second-order valence-electron chi connectivity index (χ2n) is 9.55. The Balaban J connectivity index is 1.25. The van der Waals surface area contributed by atoms with E-state index >= 15 is 0 Å². The first kappa shape index (κ1) is 22.1. The first-order valence-corrected chi connectivity index (χ1v) is 11.7. The molecule has 6 rings (SSSR count). The number of aromatic nitrogens is 4. The lowest BCUT2D eigenvalue weighted by molar-refractivity contribution is 0.0996. The van der Waals surface area contributed by atoms with E-state index in [1.807, 2.05) is 18.2 Å². The molecular formula is C26H23FN8O. The molecule has 2 aliphatic rings. The number of fused-ring (bicyclic) bond motifs is 2. The summed E-state index contributed by atoms with van der Waals surface area (Å²) in [6, 6.07) is 8.36. The fourth-order valence-electron chi connectivity index (χ4n) is 5.71. The number of carbonyl (C=O) groups is 1. The van der Waals surface area contributed by atoms with Crippen molar-refractivity contribution in [3.8, 4) is 11.3 Å². The number of anilines is 1. The van der Waals surface area contributed by atoms with Crippen LogP contribution in [0.25, 0.3) is 27.0 Å². The molecule has 2 aromatic heterocycles. The molecule has 0 unspecified atom stereocenters. The van der Waals surface area contributed by atoms with Crippen LogP contribution in [0.3, 0.4) is 0 Å². The van der Waals surface area contributed by atoms with E-state index < -0.39 is 11.7 Å². The van der Waals surface area contributed by atoms with E-state index in [1.165, 1.54) is 12.1 Å². The van der Waals surface area contributed by atoms with Crippen molar-refractivity contribution in [1.82, 2.24) is 20.2 Å². The summed E-state index contributed by atoms with van der Waals surface area (Å²) in [5.74, 6) is -0.521. The van der Waals surface area contributed by atoms with Gasteiger partial charge in [-0.25, -0.2) is 4.39 Å². The highest BCUT2D eigenvalue weighted by molar-refractivity contribution is 5.95. The van der Waals surface area contributed by atoms with Gasteiger partial charge < -0.3 is 21.2 Å². The number of amides is 1. The van der Waals surface area contributed by atoms with Crippen LogP contribution < -0.4 is 16.4 Å². The third-order valence-electron chi connectivity index (χ3n) is 7.69. The number of H-pyrrole nitrogens is 1. The zero-order chi connectivity index (χ0) is 25.0. The number of hydrogen-bond donors (Lipinski definition) is 3. The monoisotopic (exact) mass is 482 g/mol. The Hall–Kier alpha value is -4.36. The molecule has 4 aromatic rings. The zero-order valence-corrected chi connectivity index (χ0v) is 19.3. The largest absolute Gasteiger partial charge is 0.366 e. The summed E-state index contributed by atoms with van der Waals surface area (Å²) < 4.78 is 14.4. The number of primary amides is 1. The van der Waals surface area contributed by atoms with Crippen LogP contribution in [0.15, 0.2) is 42.7 Å². The lowest BCUT2D eigenvalue weighted by Gasteiger charge is -2.41. The Kier molecular flexibility index (Phi) is 4.98. The van der Waals surface area contributed by atoms with Crippen molar-refractivity contribution in [3.63, 3.8) is 0 Å². The SMILES string of the molecule is [C-]#[N+]c1nc(N2CCC3(CC2)Cc2cc(F)c(C(N)=O)cc2[C@H]3N)cnc1-c1cccc2cn[nH]c12. The maximum atomic E-state index is 14.4. The number of nitrogens with two attached hydrogens (primary N) is 2. The average molecular weight is 483 g/mol. The quantitative estimate of drug-likeness (QED) is 0.382. The Morgan fingerprint density at radius 1 is 1.25 bits per heavy atom. The highest BCUT2D eigenvalue weighted by atomic mass is 19.1. The topological polar surface area (TPSA) is 131 Å². The van der Waals surface area contributed by atoms with E-state index in [1.54, 1.807) is 12.4 Å². The first-order valence-electron chi connectivity index (χ1n) is 11.7. The normalized spacial score (nSPS) is 18.4. The molecule has 0 saturated carbocycles. The van der Waals surface area contributed by atoms with Crippen LogP contribution in [-0.4, -0.2) is 39.2 Å². The number of carbonyl (C=O) groups excluding carboxylic acids is 1. The fraction of sp³-hybridized carbons (Fsp3) is 0.269. The summed E-state index contributed by atoms with van der Waals surface area (Å²) in [4.78, 5) is 26.6. The maximum absolute atomic E-state index is 14.4. The van der Waals surface area contributed by atoms with Crippen LogP contribution in [0.1, 0.15) is 40.4 Å². The summed E-state index contributed by atoms with van der Waals surface area (Å²) in [5, 5.41) is 8.01. The van der Waals surface area contributed by atoms with Crippen LogP contribution >= 0.6 is 0 Å². The smallest absolute Gasteiger partial charge is 0.298 e. The number of para-hydroxylation sites is 1. The van der Waals surface area contributed by atoms with Crippen molar-refractivity contribution in [2.75, 3.05) is 18.0 Å². The Bertz CT molecular complexity index is 1560. The summed E-state index contributed by atoms with van der Waals surface area (Å²) in [6.07, 6.45) is 5.62. The summed E-state index contributed by atoms with van der Waals surface area (Å²) >= 11 is 0. The molecule has 36 heavy (non-hydrogen) atoms. The van der Waals surface area contributed by atoms with Gasteiger partial charge in [-0.3, -0.25) is 14.9 Å². The molecule has 3 heterocycles. The molecule has 9 nitrogen and oxygen atoms in total. The van der Waals surface area contributed by atoms with E-state index in [0.717, 1.165) is 40.4 Å². The third-order valence-corrected chi connectivity index (χ3v) is 7.69. The zero-order valence-electron chi connectivity index (χ0n) is 19.3. The second kappa shape index (κ2) is 8.10. The summed E-state index contributed by atoms with van der Waals surface area (Å²) in [5.41, 5.74) is 15.4. The molecule has 1 fully saturated rings. The Morgan fingerprint density at radius 2 is 2.06 bits per heavy atom. The van der Waals surface area contributed by atoms with Gasteiger partial charge in [0.05, 0.1) is 29.2 Å². The Labute approximate surface area is 206 Å². The number of rotatable bonds is 3. The maximum Gasteiger partial charge on any atom is 0.298 e. The van der Waals surface area contributed by atoms with E-state index in [-0.39, 0.29) is 22.8 Å². The molecule has 180 valence electrons. The molecule has 1 amide bonds. The van der Waals surface area contributed by atoms with Crippen LogP contribution in [0.2, 0.25) is 0 Å². The number of hydrogen-bond acceptors (Lipinski definition) is 6. The van der Waals surface area contributed by atoms with Crippen LogP contribution in [-0.2, 0) is 6.42 Å². The highest BCUT2D eigenvalue weighted by Crippen LogP contribution is 2.51. The molecule has 10 heteroatoms. The number of nitrogens with zero attached hydrogens (tertiary/aromatic N) is 5. The molecule has 0 bridgehead atoms. The van der Waals surface area contributed by atoms with E-state index in [4.69, 9.17) is 18.0 Å². The molecule has 1 atom stereocenters. The van der Waals surface area contributed by atoms with Gasteiger partial charge in [0.1, 0.15) is 5.82 Å². The van der Waals surface area contributed by atoms with Crippen molar-refractivity contribution < 1.29 is 9.18 Å². The minimum absolute atomic E-state index is 0.119. The third kappa shape index (κ3) is 3.31. The van der Waals surface area contributed by atoms with Crippen LogP contribution in [0.4, 0.5) is 16.0 Å². The van der Waals surface area contributed by atoms with Gasteiger partial charge in [0.15, 0.2) is 0 Å². The molecule has 1 spiro atoms. The lowest BCUT2D eigenvalue weighted by atomic mass is 9.73. The van der Waals surface area contributed by atoms with E-state index in [0.29, 0.717) is 31.0 Å². The number of halogens is 1. The summed E-state index contributed by atoms with van der Waals surface area (Å²) in [6.45, 7) is 9.06. The van der Waals surface area contributed by atoms with Crippen LogP contribution in [0, 0.1) is 17.8 Å². The predicted octanol–water partition coefficient (Wildman–Crippen LogP) is 3.65. The van der Waals surface area contributed by atoms with Crippen LogP contribution in [0.5, 0.6) is 0 Å². The minimum Gasteiger partial charge on any atom is -0.366 e. The van der Waals surface area contributed by atoms with Crippen molar-refractivity contribution in [3.05, 3.63) is 76.7 Å². The van der Waals surface area contributed by atoms with Gasteiger partial charge in [-0.1, -0.05) is 29.8 Å². The van der Waals surface area contributed by atoms with Gasteiger partial charge in [0, 0.05) is 30.1 Å². The minimum atomic E-state index is -0.792. The average Bonchev–Trinajstić information content (AvgIpc) is 3.46. The van der Waals surface area contributed by atoms with Gasteiger partial charge in [-0.2, -0.15) is 5.10 Å². The standard InChI is InChI=1S/C26H23FN8O/c1-30-25-22(16-4-2-3-14-12-32-34-21(14)16)31-13-20(33-25)35-7-5-26(6-8-35)11-15-9-19(27)18(24(29)36)10-17(15)23(26)28/h2-4,9-10,12-13,23H,5-8,11,28H2,(H2,29,36)(H,32,34)/t23-/m1/s1. The number of benzene rings is 2. The van der Waals surface area contributed by atoms with Gasteiger partial charge in [-0.15, -0.1) is 0 Å². The molecule has 1 saturated heterocycles. The Morgan fingerprint density at radius 3 is 2.81 bits per heavy atom. The number of piperidine rings is 1. The molecule has 0 radical (unpaired) electrons. The molecule has 1 aliphatic heterocycles. The fourth-order valence-corrected chi connectivity index (χ4v) is 5.71. The molecule has 1 aliphatic carbocycles. The highest BCUT2D eigenvalue weighted by Gasteiger charge is 2.47. The van der Waals surface area contributed by atoms with Crippen molar-refractivity contribution in [1.29, 1.82) is 0 Å². The lowest BCUT2D eigenvalue weighted by Crippen LogP contribution is -2.44. The number of aromatic amines is 1. The second-order valence-corrected chi connectivity index (χ2v) is 9.55. The van der Waals surface area contributed by atoms with Gasteiger partial charge >= 0.3 is 0 Å². The van der Waals surface area contributed by atoms with Gasteiger partial charge in [0.25, 0.3) is 11.7 Å².